The molecule has 1 aliphatic rings. The predicted octanol–water partition coefficient (Wildman–Crippen LogP) is 4.03. The number of benzene rings is 1. The van der Waals surface area contributed by atoms with Crippen molar-refractivity contribution in [2.75, 3.05) is 5.32 Å². The summed E-state index contributed by atoms with van der Waals surface area (Å²) in [6, 6.07) is 8.51. The number of hydrogen-bond acceptors (Lipinski definition) is 4. The van der Waals surface area contributed by atoms with Gasteiger partial charge in [-0.2, -0.15) is 0 Å². The standard InChI is InChI=1S/C18H21N5/c1-12(2)13-6-8-14(9-7-13)21-17-16-18(20-11-19-17)23-10-4-3-5-15(23)22-16/h6-9,11-12H,3-5,10H2,1-2H3,(H,19,20,21). The third kappa shape index (κ3) is 2.56. The molecule has 3 heterocycles. The van der Waals surface area contributed by atoms with Gasteiger partial charge in [-0.25, -0.2) is 15.0 Å². The minimum Gasteiger partial charge on any atom is -0.338 e. The van der Waals surface area contributed by atoms with E-state index in [0.29, 0.717) is 5.92 Å². The minimum atomic E-state index is 0.537. The maximum Gasteiger partial charge on any atom is 0.165 e. The zero-order valence-electron chi connectivity index (χ0n) is 13.6. The molecule has 1 aromatic carbocycles. The van der Waals surface area contributed by atoms with Crippen LogP contribution in [0.3, 0.4) is 0 Å². The van der Waals surface area contributed by atoms with Gasteiger partial charge in [-0.1, -0.05) is 26.0 Å². The van der Waals surface area contributed by atoms with Gasteiger partial charge in [0.15, 0.2) is 17.0 Å². The third-order valence-electron chi connectivity index (χ3n) is 4.48. The summed E-state index contributed by atoms with van der Waals surface area (Å²) in [6.45, 7) is 5.41. The lowest BCUT2D eigenvalue weighted by Gasteiger charge is -2.13. The van der Waals surface area contributed by atoms with E-state index in [1.54, 1.807) is 6.33 Å². The molecule has 1 aliphatic heterocycles. The second kappa shape index (κ2) is 5.65. The van der Waals surface area contributed by atoms with Gasteiger partial charge in [0.05, 0.1) is 0 Å². The maximum absolute atomic E-state index is 4.77. The number of hydrogen-bond donors (Lipinski definition) is 1. The van der Waals surface area contributed by atoms with Gasteiger partial charge in [-0.15, -0.1) is 0 Å². The molecule has 0 atom stereocenters. The van der Waals surface area contributed by atoms with Crippen LogP contribution in [-0.4, -0.2) is 19.5 Å². The number of aryl methyl sites for hydroxylation is 2. The van der Waals surface area contributed by atoms with Crippen molar-refractivity contribution in [1.82, 2.24) is 19.5 Å². The molecule has 3 aromatic rings. The molecule has 2 aromatic heterocycles. The van der Waals surface area contributed by atoms with E-state index >= 15 is 0 Å². The largest absolute Gasteiger partial charge is 0.338 e. The Kier molecular flexibility index (Phi) is 3.48. The molecule has 0 unspecified atom stereocenters. The Labute approximate surface area is 135 Å². The summed E-state index contributed by atoms with van der Waals surface area (Å²) in [7, 11) is 0. The lowest BCUT2D eigenvalue weighted by atomic mass is 10.0. The second-order valence-electron chi connectivity index (χ2n) is 6.43. The molecule has 118 valence electrons. The van der Waals surface area contributed by atoms with Crippen LogP contribution in [0, 0.1) is 0 Å². The molecular formula is C18H21N5. The van der Waals surface area contributed by atoms with Crippen LogP contribution in [0.4, 0.5) is 11.5 Å². The molecule has 5 heteroatoms. The summed E-state index contributed by atoms with van der Waals surface area (Å²) in [6.07, 6.45) is 5.05. The minimum absolute atomic E-state index is 0.537. The highest BCUT2D eigenvalue weighted by Crippen LogP contribution is 2.27. The zero-order chi connectivity index (χ0) is 15.8. The molecule has 5 nitrogen and oxygen atoms in total. The Balaban J connectivity index is 1.70. The van der Waals surface area contributed by atoms with Crippen molar-refractivity contribution in [1.29, 1.82) is 0 Å². The number of aromatic nitrogens is 4. The molecule has 0 bridgehead atoms. The van der Waals surface area contributed by atoms with Gasteiger partial charge in [0.2, 0.25) is 0 Å². The Morgan fingerprint density at radius 3 is 2.70 bits per heavy atom. The fourth-order valence-electron chi connectivity index (χ4n) is 3.14. The number of rotatable bonds is 3. The number of nitrogens with zero attached hydrogens (tertiary/aromatic N) is 4. The fraction of sp³-hybridized carbons (Fsp3) is 0.389. The van der Waals surface area contributed by atoms with Gasteiger partial charge in [-0.3, -0.25) is 0 Å². The Morgan fingerprint density at radius 1 is 1.09 bits per heavy atom. The van der Waals surface area contributed by atoms with E-state index < -0.39 is 0 Å². The fourth-order valence-corrected chi connectivity index (χ4v) is 3.14. The molecule has 0 amide bonds. The van der Waals surface area contributed by atoms with Crippen molar-refractivity contribution < 1.29 is 0 Å². The summed E-state index contributed by atoms with van der Waals surface area (Å²) in [5.74, 6) is 2.45. The highest BCUT2D eigenvalue weighted by molar-refractivity contribution is 5.85. The van der Waals surface area contributed by atoms with Crippen LogP contribution in [0.15, 0.2) is 30.6 Å². The van der Waals surface area contributed by atoms with Crippen molar-refractivity contribution >= 4 is 22.7 Å². The number of anilines is 2. The SMILES string of the molecule is CC(C)c1ccc(Nc2ncnc3c2nc2n3CCCC2)cc1. The Morgan fingerprint density at radius 2 is 1.91 bits per heavy atom. The first-order valence-corrected chi connectivity index (χ1v) is 8.29. The van der Waals surface area contributed by atoms with Crippen LogP contribution in [0.25, 0.3) is 11.2 Å². The second-order valence-corrected chi connectivity index (χ2v) is 6.43. The maximum atomic E-state index is 4.77. The summed E-state index contributed by atoms with van der Waals surface area (Å²) < 4.78 is 2.23. The monoisotopic (exact) mass is 307 g/mol. The predicted molar refractivity (Wildman–Crippen MR) is 92.1 cm³/mol. The van der Waals surface area contributed by atoms with Crippen molar-refractivity contribution in [2.45, 2.75) is 45.6 Å². The van der Waals surface area contributed by atoms with Gasteiger partial charge >= 0.3 is 0 Å². The molecular weight excluding hydrogens is 286 g/mol. The van der Waals surface area contributed by atoms with Crippen molar-refractivity contribution in [2.24, 2.45) is 0 Å². The molecule has 1 N–H and O–H groups in total. The molecule has 0 saturated heterocycles. The summed E-state index contributed by atoms with van der Waals surface area (Å²) >= 11 is 0. The average molecular weight is 307 g/mol. The molecule has 4 rings (SSSR count). The average Bonchev–Trinajstić information content (AvgIpc) is 2.95. The normalized spacial score (nSPS) is 14.2. The van der Waals surface area contributed by atoms with Gasteiger partial charge in [-0.05, 0) is 36.5 Å². The molecule has 0 fully saturated rings. The highest BCUT2D eigenvalue weighted by Gasteiger charge is 2.18. The molecule has 0 radical (unpaired) electrons. The number of fused-ring (bicyclic) bond motifs is 3. The topological polar surface area (TPSA) is 55.6 Å². The van der Waals surface area contributed by atoms with Gasteiger partial charge < -0.3 is 9.88 Å². The molecule has 0 saturated carbocycles. The summed E-state index contributed by atoms with van der Waals surface area (Å²) in [5.41, 5.74) is 4.18. The quantitative estimate of drug-likeness (QED) is 0.793. The first-order valence-electron chi connectivity index (χ1n) is 8.29. The molecule has 0 spiro atoms. The number of imidazole rings is 1. The first-order chi connectivity index (χ1) is 11.2. The summed E-state index contributed by atoms with van der Waals surface area (Å²) in [5, 5.41) is 3.40. The third-order valence-corrected chi connectivity index (χ3v) is 4.48. The van der Waals surface area contributed by atoms with Crippen LogP contribution < -0.4 is 5.32 Å². The van der Waals surface area contributed by atoms with Crippen molar-refractivity contribution in [3.8, 4) is 0 Å². The summed E-state index contributed by atoms with van der Waals surface area (Å²) in [4.78, 5) is 13.6. The molecule has 0 aliphatic carbocycles. The lowest BCUT2D eigenvalue weighted by Crippen LogP contribution is -2.10. The lowest BCUT2D eigenvalue weighted by molar-refractivity contribution is 0.530. The van der Waals surface area contributed by atoms with E-state index in [-0.39, 0.29) is 0 Å². The van der Waals surface area contributed by atoms with E-state index in [2.05, 4.69) is 58.0 Å². The van der Waals surface area contributed by atoms with Crippen LogP contribution in [0.2, 0.25) is 0 Å². The van der Waals surface area contributed by atoms with E-state index in [1.807, 2.05) is 0 Å². The van der Waals surface area contributed by atoms with Gasteiger partial charge in [0.1, 0.15) is 12.2 Å². The van der Waals surface area contributed by atoms with Crippen LogP contribution in [-0.2, 0) is 13.0 Å². The van der Waals surface area contributed by atoms with Crippen molar-refractivity contribution in [3.05, 3.63) is 42.0 Å². The number of nitrogens with one attached hydrogen (secondary N) is 1. The Bertz CT molecular complexity index is 832. The van der Waals surface area contributed by atoms with E-state index in [4.69, 9.17) is 4.98 Å². The van der Waals surface area contributed by atoms with Gasteiger partial charge in [0.25, 0.3) is 0 Å². The Hall–Kier alpha value is -2.43. The first kappa shape index (κ1) is 14.2. The van der Waals surface area contributed by atoms with E-state index in [0.717, 1.165) is 41.5 Å². The van der Waals surface area contributed by atoms with Crippen LogP contribution in [0.5, 0.6) is 0 Å². The smallest absolute Gasteiger partial charge is 0.165 e. The van der Waals surface area contributed by atoms with Crippen LogP contribution in [0.1, 0.15) is 44.0 Å². The van der Waals surface area contributed by atoms with E-state index in [1.165, 1.54) is 18.4 Å². The molecule has 23 heavy (non-hydrogen) atoms. The zero-order valence-corrected chi connectivity index (χ0v) is 13.6. The van der Waals surface area contributed by atoms with Crippen LogP contribution >= 0.6 is 0 Å². The highest BCUT2D eigenvalue weighted by atomic mass is 15.2. The van der Waals surface area contributed by atoms with Crippen molar-refractivity contribution in [3.63, 3.8) is 0 Å². The van der Waals surface area contributed by atoms with E-state index in [9.17, 15) is 0 Å². The van der Waals surface area contributed by atoms with Gasteiger partial charge in [0, 0.05) is 18.7 Å².